The molecule has 0 atom stereocenters. The summed E-state index contributed by atoms with van der Waals surface area (Å²) < 4.78 is 0. The average molecular weight is 190 g/mol. The number of nitrogens with one attached hydrogen (secondary N) is 1. The van der Waals surface area contributed by atoms with Gasteiger partial charge >= 0.3 is 0 Å². The molecule has 0 unspecified atom stereocenters. The Kier molecular flexibility index (Phi) is 2.53. The largest absolute Gasteiger partial charge is 0.339 e. The van der Waals surface area contributed by atoms with Gasteiger partial charge in [-0.2, -0.15) is 5.26 Å². The number of nitriles is 1. The van der Waals surface area contributed by atoms with E-state index >= 15 is 0 Å². The van der Waals surface area contributed by atoms with Gasteiger partial charge in [-0.25, -0.2) is 0 Å². The summed E-state index contributed by atoms with van der Waals surface area (Å²) in [5.74, 6) is 2.25. The van der Waals surface area contributed by atoms with E-state index in [9.17, 15) is 4.79 Å². The Morgan fingerprint density at radius 1 is 1.57 bits per heavy atom. The molecule has 14 heavy (non-hydrogen) atoms. The Hall–Kier alpha value is -1.48. The van der Waals surface area contributed by atoms with Crippen LogP contribution in [-0.2, 0) is 4.79 Å². The topological polar surface area (TPSA) is 52.9 Å². The minimum absolute atomic E-state index is 0.228. The molecule has 0 aromatic carbocycles. The highest BCUT2D eigenvalue weighted by molar-refractivity contribution is 5.87. The number of carbonyl (C=O) groups excluding carboxylic acids is 1. The molecule has 0 radical (unpaired) electrons. The Morgan fingerprint density at radius 3 is 2.43 bits per heavy atom. The predicted octanol–water partition coefficient (Wildman–Crippen LogP) is 1.21. The van der Waals surface area contributed by atoms with Crippen LogP contribution >= 0.6 is 0 Å². The first-order valence-electron chi connectivity index (χ1n) is 4.67. The molecule has 0 saturated heterocycles. The van der Waals surface area contributed by atoms with E-state index in [2.05, 4.69) is 17.3 Å². The van der Waals surface area contributed by atoms with E-state index in [-0.39, 0.29) is 5.91 Å². The van der Waals surface area contributed by atoms with Crippen LogP contribution in [-0.4, -0.2) is 11.4 Å². The van der Waals surface area contributed by atoms with Crippen LogP contribution in [0.1, 0.15) is 33.1 Å². The monoisotopic (exact) mass is 190 g/mol. The second-order valence-electron chi connectivity index (χ2n) is 4.27. The minimum atomic E-state index is -0.811. The highest BCUT2D eigenvalue weighted by Crippen LogP contribution is 2.40. The van der Waals surface area contributed by atoms with Crippen molar-refractivity contribution in [3.63, 3.8) is 0 Å². The maximum absolute atomic E-state index is 11.7. The van der Waals surface area contributed by atoms with Crippen LogP contribution in [0.15, 0.2) is 0 Å². The molecule has 1 N–H and O–H groups in total. The summed E-state index contributed by atoms with van der Waals surface area (Å²) in [6.07, 6.45) is 7.49. The Balaban J connectivity index is 2.69. The lowest BCUT2D eigenvalue weighted by atomic mass is 9.69. The number of amides is 1. The zero-order chi connectivity index (χ0) is 10.8. The van der Waals surface area contributed by atoms with Gasteiger partial charge in [-0.05, 0) is 33.1 Å². The van der Waals surface area contributed by atoms with E-state index in [1.807, 2.05) is 0 Å². The van der Waals surface area contributed by atoms with Gasteiger partial charge in [0.2, 0.25) is 5.91 Å². The quantitative estimate of drug-likeness (QED) is 0.665. The number of carbonyl (C=O) groups is 1. The summed E-state index contributed by atoms with van der Waals surface area (Å²) in [6, 6.07) is 2.08. The van der Waals surface area contributed by atoms with Crippen LogP contribution in [0.2, 0.25) is 0 Å². The van der Waals surface area contributed by atoms with E-state index in [1.54, 1.807) is 13.8 Å². The molecule has 0 spiro atoms. The van der Waals surface area contributed by atoms with Crippen LogP contribution in [0.5, 0.6) is 0 Å². The summed E-state index contributed by atoms with van der Waals surface area (Å²) in [5, 5.41) is 11.6. The SMILES string of the molecule is C#CC(C)(C)NC(=O)C1(C#N)CCC1. The second-order valence-corrected chi connectivity index (χ2v) is 4.27. The van der Waals surface area contributed by atoms with Crippen LogP contribution in [0, 0.1) is 29.1 Å². The fraction of sp³-hybridized carbons (Fsp3) is 0.636. The molecule has 1 saturated carbocycles. The fourth-order valence-corrected chi connectivity index (χ4v) is 1.36. The van der Waals surface area contributed by atoms with E-state index in [0.29, 0.717) is 12.8 Å². The van der Waals surface area contributed by atoms with Crippen LogP contribution in [0.25, 0.3) is 0 Å². The fourth-order valence-electron chi connectivity index (χ4n) is 1.36. The van der Waals surface area contributed by atoms with Crippen LogP contribution in [0.3, 0.4) is 0 Å². The first-order chi connectivity index (χ1) is 6.46. The molecule has 1 amide bonds. The summed E-state index contributed by atoms with van der Waals surface area (Å²) in [5.41, 5.74) is -1.48. The van der Waals surface area contributed by atoms with Gasteiger partial charge in [-0.1, -0.05) is 5.92 Å². The number of nitrogens with zero attached hydrogens (tertiary/aromatic N) is 1. The zero-order valence-corrected chi connectivity index (χ0v) is 8.55. The summed E-state index contributed by atoms with van der Waals surface area (Å²) in [7, 11) is 0. The highest BCUT2D eigenvalue weighted by Gasteiger charge is 2.45. The lowest BCUT2D eigenvalue weighted by Gasteiger charge is -2.35. The molecule has 1 aliphatic carbocycles. The summed E-state index contributed by atoms with van der Waals surface area (Å²) in [4.78, 5) is 11.7. The number of rotatable bonds is 2. The number of hydrogen-bond acceptors (Lipinski definition) is 2. The standard InChI is InChI=1S/C11H14N2O/c1-4-10(2,3)13-9(14)11(8-12)6-5-7-11/h1H,5-7H2,2-3H3,(H,13,14). The lowest BCUT2D eigenvalue weighted by molar-refractivity contribution is -0.132. The smallest absolute Gasteiger partial charge is 0.241 e. The third-order valence-corrected chi connectivity index (χ3v) is 2.64. The van der Waals surface area contributed by atoms with Gasteiger partial charge in [-0.3, -0.25) is 4.79 Å². The lowest BCUT2D eigenvalue weighted by Crippen LogP contribution is -2.52. The molecular weight excluding hydrogens is 176 g/mol. The molecule has 1 fully saturated rings. The molecule has 0 aliphatic heterocycles. The van der Waals surface area contributed by atoms with Gasteiger partial charge in [0.05, 0.1) is 11.6 Å². The average Bonchev–Trinajstić information content (AvgIpc) is 2.02. The van der Waals surface area contributed by atoms with E-state index in [1.165, 1.54) is 0 Å². The normalized spacial score (nSPS) is 18.6. The maximum Gasteiger partial charge on any atom is 0.241 e. The molecule has 1 rings (SSSR count). The van der Waals surface area contributed by atoms with Gasteiger partial charge in [0, 0.05) is 0 Å². The molecule has 0 bridgehead atoms. The van der Waals surface area contributed by atoms with Crippen molar-refractivity contribution in [2.75, 3.05) is 0 Å². The predicted molar refractivity (Wildman–Crippen MR) is 53.0 cm³/mol. The van der Waals surface area contributed by atoms with Crippen molar-refractivity contribution in [2.24, 2.45) is 5.41 Å². The van der Waals surface area contributed by atoms with E-state index in [0.717, 1.165) is 6.42 Å². The minimum Gasteiger partial charge on any atom is -0.339 e. The van der Waals surface area contributed by atoms with Crippen molar-refractivity contribution in [2.45, 2.75) is 38.6 Å². The van der Waals surface area contributed by atoms with Gasteiger partial charge in [-0.15, -0.1) is 6.42 Å². The highest BCUT2D eigenvalue weighted by atomic mass is 16.2. The van der Waals surface area contributed by atoms with Crippen molar-refractivity contribution in [3.8, 4) is 18.4 Å². The molecule has 0 heterocycles. The number of hydrogen-bond donors (Lipinski definition) is 1. The molecule has 3 heteroatoms. The second kappa shape index (κ2) is 3.35. The Labute approximate surface area is 84.5 Å². The maximum atomic E-state index is 11.7. The molecule has 0 aromatic rings. The Morgan fingerprint density at radius 2 is 2.14 bits per heavy atom. The third kappa shape index (κ3) is 1.72. The molecule has 3 nitrogen and oxygen atoms in total. The first kappa shape index (κ1) is 10.6. The molecule has 0 aromatic heterocycles. The van der Waals surface area contributed by atoms with Crippen molar-refractivity contribution >= 4 is 5.91 Å². The van der Waals surface area contributed by atoms with E-state index < -0.39 is 11.0 Å². The first-order valence-corrected chi connectivity index (χ1v) is 4.67. The van der Waals surface area contributed by atoms with Gasteiger partial charge in [0.25, 0.3) is 0 Å². The van der Waals surface area contributed by atoms with Gasteiger partial charge < -0.3 is 5.32 Å². The molecule has 1 aliphatic rings. The summed E-state index contributed by atoms with van der Waals surface area (Å²) >= 11 is 0. The van der Waals surface area contributed by atoms with Crippen molar-refractivity contribution in [1.29, 1.82) is 5.26 Å². The van der Waals surface area contributed by atoms with Crippen molar-refractivity contribution in [1.82, 2.24) is 5.32 Å². The number of terminal acetylenes is 1. The van der Waals surface area contributed by atoms with Gasteiger partial charge in [0.15, 0.2) is 0 Å². The van der Waals surface area contributed by atoms with Crippen LogP contribution < -0.4 is 5.32 Å². The zero-order valence-electron chi connectivity index (χ0n) is 8.55. The summed E-state index contributed by atoms with van der Waals surface area (Å²) in [6.45, 7) is 3.49. The van der Waals surface area contributed by atoms with Crippen LogP contribution in [0.4, 0.5) is 0 Å². The van der Waals surface area contributed by atoms with Crippen molar-refractivity contribution < 1.29 is 4.79 Å². The molecular formula is C11H14N2O. The van der Waals surface area contributed by atoms with Gasteiger partial charge in [0.1, 0.15) is 5.41 Å². The molecule has 74 valence electrons. The van der Waals surface area contributed by atoms with E-state index in [4.69, 9.17) is 11.7 Å². The third-order valence-electron chi connectivity index (χ3n) is 2.64. The van der Waals surface area contributed by atoms with Crippen molar-refractivity contribution in [3.05, 3.63) is 0 Å². The Bertz CT molecular complexity index is 326.